The number of nitrogens with two attached hydrogens (primary N) is 1. The fourth-order valence-electron chi connectivity index (χ4n) is 1.53. The largest absolute Gasteiger partial charge is 0.393 e. The fourth-order valence-corrected chi connectivity index (χ4v) is 1.64. The summed E-state index contributed by atoms with van der Waals surface area (Å²) in [6.45, 7) is 3.75. The van der Waals surface area contributed by atoms with Gasteiger partial charge in [-0.25, -0.2) is 0 Å². The smallest absolute Gasteiger partial charge is 0.230 e. The molecule has 0 saturated heterocycles. The lowest BCUT2D eigenvalue weighted by atomic mass is 10.0. The van der Waals surface area contributed by atoms with E-state index in [-0.39, 0.29) is 16.9 Å². The molecular formula is C13H18N2OS. The number of amides is 1. The Hall–Kier alpha value is -1.42. The van der Waals surface area contributed by atoms with Gasteiger partial charge in [-0.15, -0.1) is 0 Å². The molecular weight excluding hydrogens is 232 g/mol. The maximum Gasteiger partial charge on any atom is 0.230 e. The summed E-state index contributed by atoms with van der Waals surface area (Å²) in [7, 11) is 0. The van der Waals surface area contributed by atoms with Gasteiger partial charge in [-0.05, 0) is 18.9 Å². The van der Waals surface area contributed by atoms with Crippen molar-refractivity contribution in [1.29, 1.82) is 0 Å². The third-order valence-corrected chi connectivity index (χ3v) is 3.10. The summed E-state index contributed by atoms with van der Waals surface area (Å²) in [5.41, 5.74) is 6.56. The summed E-state index contributed by atoms with van der Waals surface area (Å²) in [6.07, 6.45) is 0.833. The van der Waals surface area contributed by atoms with Gasteiger partial charge in [-0.1, -0.05) is 49.5 Å². The van der Waals surface area contributed by atoms with Crippen molar-refractivity contribution in [2.24, 2.45) is 11.7 Å². The number of carbonyl (C=O) groups excluding carboxylic acids is 1. The fraction of sp³-hybridized carbons (Fsp3) is 0.385. The second kappa shape index (κ2) is 6.35. The van der Waals surface area contributed by atoms with Crippen LogP contribution >= 0.6 is 12.2 Å². The van der Waals surface area contributed by atoms with E-state index < -0.39 is 5.92 Å². The maximum absolute atomic E-state index is 11.8. The standard InChI is InChI=1S/C13H18N2OS/c1-3-11(10-7-5-4-6-8-10)15-13(16)9(2)12(14)17/h4-9,11H,3H2,1-2H3,(H2,14,17)(H,15,16). The summed E-state index contributed by atoms with van der Waals surface area (Å²) in [6, 6.07) is 9.89. The molecule has 0 radical (unpaired) electrons. The van der Waals surface area contributed by atoms with Gasteiger partial charge < -0.3 is 11.1 Å². The molecule has 0 aliphatic heterocycles. The summed E-state index contributed by atoms with van der Waals surface area (Å²) in [5.74, 6) is -0.545. The highest BCUT2D eigenvalue weighted by Gasteiger charge is 2.19. The van der Waals surface area contributed by atoms with E-state index in [2.05, 4.69) is 5.32 Å². The number of thiocarbonyl (C=S) groups is 1. The Morgan fingerprint density at radius 3 is 2.47 bits per heavy atom. The predicted molar refractivity (Wildman–Crippen MR) is 73.6 cm³/mol. The first-order valence-electron chi connectivity index (χ1n) is 5.71. The molecule has 1 aromatic rings. The molecule has 3 N–H and O–H groups in total. The molecule has 2 unspecified atom stereocenters. The highest BCUT2D eigenvalue weighted by atomic mass is 32.1. The van der Waals surface area contributed by atoms with Gasteiger partial charge in [0.1, 0.15) is 0 Å². The number of rotatable bonds is 5. The van der Waals surface area contributed by atoms with Crippen LogP contribution in [0, 0.1) is 5.92 Å². The number of hydrogen-bond acceptors (Lipinski definition) is 2. The quantitative estimate of drug-likeness (QED) is 0.788. The van der Waals surface area contributed by atoms with E-state index in [1.54, 1.807) is 6.92 Å². The van der Waals surface area contributed by atoms with Gasteiger partial charge in [-0.3, -0.25) is 4.79 Å². The third kappa shape index (κ3) is 3.82. The molecule has 92 valence electrons. The molecule has 0 spiro atoms. The molecule has 3 nitrogen and oxygen atoms in total. The van der Waals surface area contributed by atoms with Gasteiger partial charge in [-0.2, -0.15) is 0 Å². The van der Waals surface area contributed by atoms with E-state index >= 15 is 0 Å². The normalized spacial score (nSPS) is 13.8. The topological polar surface area (TPSA) is 55.1 Å². The van der Waals surface area contributed by atoms with Crippen LogP contribution in [0.3, 0.4) is 0 Å². The summed E-state index contributed by atoms with van der Waals surface area (Å²) in [4.78, 5) is 12.1. The SMILES string of the molecule is CCC(NC(=O)C(C)C(N)=S)c1ccccc1. The third-order valence-electron chi connectivity index (χ3n) is 2.75. The molecule has 17 heavy (non-hydrogen) atoms. The summed E-state index contributed by atoms with van der Waals surface area (Å²) >= 11 is 4.82. The minimum atomic E-state index is -0.428. The second-order valence-electron chi connectivity index (χ2n) is 4.00. The van der Waals surface area contributed by atoms with Crippen LogP contribution in [0.25, 0.3) is 0 Å². The van der Waals surface area contributed by atoms with Crippen molar-refractivity contribution in [3.8, 4) is 0 Å². The van der Waals surface area contributed by atoms with Crippen LogP contribution in [-0.4, -0.2) is 10.9 Å². The Morgan fingerprint density at radius 1 is 1.41 bits per heavy atom. The van der Waals surface area contributed by atoms with Crippen LogP contribution in [-0.2, 0) is 4.79 Å². The first kappa shape index (κ1) is 13.6. The van der Waals surface area contributed by atoms with Crippen LogP contribution in [0.1, 0.15) is 31.9 Å². The molecule has 4 heteroatoms. The predicted octanol–water partition coefficient (Wildman–Crippen LogP) is 2.18. The lowest BCUT2D eigenvalue weighted by Crippen LogP contribution is -2.38. The van der Waals surface area contributed by atoms with Gasteiger partial charge in [0, 0.05) is 0 Å². The van der Waals surface area contributed by atoms with Crippen LogP contribution in [0.4, 0.5) is 0 Å². The van der Waals surface area contributed by atoms with Crippen molar-refractivity contribution < 1.29 is 4.79 Å². The average Bonchev–Trinajstić information content (AvgIpc) is 2.35. The molecule has 1 amide bonds. The maximum atomic E-state index is 11.8. The van der Waals surface area contributed by atoms with E-state index in [0.717, 1.165) is 12.0 Å². The molecule has 1 aromatic carbocycles. The molecule has 0 fully saturated rings. The van der Waals surface area contributed by atoms with Crippen LogP contribution in [0.5, 0.6) is 0 Å². The Balaban J connectivity index is 2.71. The number of benzene rings is 1. The Kier molecular flexibility index (Phi) is 5.10. The lowest BCUT2D eigenvalue weighted by molar-refractivity contribution is -0.123. The van der Waals surface area contributed by atoms with Crippen LogP contribution in [0.15, 0.2) is 30.3 Å². The molecule has 1 rings (SSSR count). The van der Waals surface area contributed by atoms with Gasteiger partial charge in [0.05, 0.1) is 16.9 Å². The van der Waals surface area contributed by atoms with Gasteiger partial charge in [0.2, 0.25) is 5.91 Å². The van der Waals surface area contributed by atoms with Crippen molar-refractivity contribution >= 4 is 23.1 Å². The molecule has 0 saturated carbocycles. The molecule has 0 aliphatic carbocycles. The van der Waals surface area contributed by atoms with Crippen molar-refractivity contribution in [2.45, 2.75) is 26.3 Å². The van der Waals surface area contributed by atoms with Crippen molar-refractivity contribution in [2.75, 3.05) is 0 Å². The van der Waals surface area contributed by atoms with E-state index in [1.165, 1.54) is 0 Å². The summed E-state index contributed by atoms with van der Waals surface area (Å²) < 4.78 is 0. The molecule has 2 atom stereocenters. The van der Waals surface area contributed by atoms with E-state index in [9.17, 15) is 4.79 Å². The molecule has 0 aliphatic rings. The van der Waals surface area contributed by atoms with Crippen LogP contribution < -0.4 is 11.1 Å². The Bertz CT molecular complexity index is 392. The highest BCUT2D eigenvalue weighted by molar-refractivity contribution is 7.80. The van der Waals surface area contributed by atoms with Gasteiger partial charge >= 0.3 is 0 Å². The molecule has 0 aromatic heterocycles. The van der Waals surface area contributed by atoms with Crippen molar-refractivity contribution in [1.82, 2.24) is 5.32 Å². The van der Waals surface area contributed by atoms with E-state index in [1.807, 2.05) is 37.3 Å². The lowest BCUT2D eigenvalue weighted by Gasteiger charge is -2.19. The Morgan fingerprint density at radius 2 is 2.00 bits per heavy atom. The Labute approximate surface area is 107 Å². The van der Waals surface area contributed by atoms with E-state index in [4.69, 9.17) is 18.0 Å². The van der Waals surface area contributed by atoms with E-state index in [0.29, 0.717) is 0 Å². The van der Waals surface area contributed by atoms with Gasteiger partial charge in [0.25, 0.3) is 0 Å². The monoisotopic (exact) mass is 250 g/mol. The number of carbonyl (C=O) groups is 1. The minimum absolute atomic E-state index is 0.0144. The van der Waals surface area contributed by atoms with Gasteiger partial charge in [0.15, 0.2) is 0 Å². The number of hydrogen-bond donors (Lipinski definition) is 2. The zero-order valence-corrected chi connectivity index (χ0v) is 11.0. The van der Waals surface area contributed by atoms with Crippen LogP contribution in [0.2, 0.25) is 0 Å². The minimum Gasteiger partial charge on any atom is -0.393 e. The number of nitrogens with one attached hydrogen (secondary N) is 1. The van der Waals surface area contributed by atoms with Crippen molar-refractivity contribution in [3.63, 3.8) is 0 Å². The summed E-state index contributed by atoms with van der Waals surface area (Å²) in [5, 5.41) is 2.96. The van der Waals surface area contributed by atoms with Crippen molar-refractivity contribution in [3.05, 3.63) is 35.9 Å². The zero-order chi connectivity index (χ0) is 12.8. The average molecular weight is 250 g/mol. The first-order chi connectivity index (χ1) is 8.06. The zero-order valence-electron chi connectivity index (χ0n) is 10.1. The highest BCUT2D eigenvalue weighted by Crippen LogP contribution is 2.16. The first-order valence-corrected chi connectivity index (χ1v) is 6.11. The second-order valence-corrected chi connectivity index (χ2v) is 4.48. The molecule has 0 bridgehead atoms. The molecule has 0 heterocycles.